The number of aromatic nitrogens is 3. The fourth-order valence-corrected chi connectivity index (χ4v) is 7.09. The van der Waals surface area contributed by atoms with Gasteiger partial charge in [0.2, 0.25) is 0 Å². The second-order valence-electron chi connectivity index (χ2n) is 12.2. The van der Waals surface area contributed by atoms with Gasteiger partial charge < -0.3 is 0 Å². The molecular weight excluding hydrogens is 613 g/mol. The summed E-state index contributed by atoms with van der Waals surface area (Å²) in [5.74, 6) is 1.47. The predicted molar refractivity (Wildman–Crippen MR) is 198 cm³/mol. The Labute approximate surface area is 287 Å². The highest BCUT2D eigenvalue weighted by atomic mass is 15.1. The first-order valence-electron chi connectivity index (χ1n) is 16.1. The van der Waals surface area contributed by atoms with Crippen LogP contribution in [0, 0.1) is 34.0 Å². The van der Waals surface area contributed by atoms with E-state index in [9.17, 15) is 15.8 Å². The first-order chi connectivity index (χ1) is 24.6. The Balaban J connectivity index is 1.36. The zero-order valence-electron chi connectivity index (χ0n) is 26.5. The van der Waals surface area contributed by atoms with Crippen molar-refractivity contribution in [3.8, 4) is 52.1 Å². The second kappa shape index (κ2) is 11.4. The Morgan fingerprint density at radius 2 is 0.820 bits per heavy atom. The summed E-state index contributed by atoms with van der Waals surface area (Å²) in [7, 11) is 0. The van der Waals surface area contributed by atoms with Crippen LogP contribution in [-0.4, -0.2) is 14.1 Å². The maximum atomic E-state index is 9.76. The molecule has 9 aromatic rings. The predicted octanol–water partition coefficient (Wildman–Crippen LogP) is 10.2. The molecule has 0 bridgehead atoms. The number of para-hydroxylation sites is 2. The van der Waals surface area contributed by atoms with Gasteiger partial charge in [-0.25, -0.2) is 4.98 Å². The summed E-state index contributed by atoms with van der Waals surface area (Å²) in [5, 5.41) is 32.9. The van der Waals surface area contributed by atoms with E-state index >= 15 is 0 Å². The van der Waals surface area contributed by atoms with Gasteiger partial charge in [0.15, 0.2) is 0 Å². The standard InChI is InChI=1S/C44H24N6/c45-25-28-12-16-31(17-13-28)32-6-5-7-33(22-32)34-23-43(49-39-10-3-1-8-35(39)36-9-2-4-11-40(36)49)48-44(24-34)50-41-18-14-29(26-46)20-37(41)38-21-30(27-47)15-19-42(38)50/h1-24H. The average molecular weight is 637 g/mol. The van der Waals surface area contributed by atoms with E-state index in [-0.39, 0.29) is 0 Å². The van der Waals surface area contributed by atoms with E-state index < -0.39 is 0 Å². The van der Waals surface area contributed by atoms with Crippen molar-refractivity contribution in [1.82, 2.24) is 14.1 Å². The number of hydrogen-bond donors (Lipinski definition) is 0. The number of benzene rings is 6. The molecule has 0 radical (unpaired) electrons. The number of nitriles is 3. The molecular formula is C44H24N6. The van der Waals surface area contributed by atoms with E-state index in [1.165, 1.54) is 0 Å². The average Bonchev–Trinajstić information content (AvgIpc) is 3.70. The molecule has 0 saturated carbocycles. The van der Waals surface area contributed by atoms with E-state index in [0.717, 1.165) is 71.7 Å². The third kappa shape index (κ3) is 4.51. The van der Waals surface area contributed by atoms with Crippen molar-refractivity contribution in [2.75, 3.05) is 0 Å². The molecule has 3 aromatic heterocycles. The van der Waals surface area contributed by atoms with Gasteiger partial charge in [-0.05, 0) is 101 Å². The van der Waals surface area contributed by atoms with Crippen molar-refractivity contribution in [1.29, 1.82) is 15.8 Å². The number of rotatable bonds is 4. The van der Waals surface area contributed by atoms with Crippen LogP contribution < -0.4 is 0 Å². The Kier molecular flexibility index (Phi) is 6.53. The highest BCUT2D eigenvalue weighted by Gasteiger charge is 2.19. The molecule has 6 aromatic carbocycles. The van der Waals surface area contributed by atoms with Crippen LogP contribution in [-0.2, 0) is 0 Å². The van der Waals surface area contributed by atoms with E-state index in [0.29, 0.717) is 22.5 Å². The first-order valence-corrected chi connectivity index (χ1v) is 16.1. The van der Waals surface area contributed by atoms with Crippen molar-refractivity contribution in [2.45, 2.75) is 0 Å². The van der Waals surface area contributed by atoms with E-state index in [2.05, 4.69) is 112 Å². The quantitative estimate of drug-likeness (QED) is 0.192. The minimum absolute atomic E-state index is 0.547. The summed E-state index contributed by atoms with van der Waals surface area (Å²) >= 11 is 0. The lowest BCUT2D eigenvalue weighted by atomic mass is 9.98. The van der Waals surface area contributed by atoms with Crippen molar-refractivity contribution in [3.05, 3.63) is 162 Å². The lowest BCUT2D eigenvalue weighted by Gasteiger charge is -2.15. The third-order valence-electron chi connectivity index (χ3n) is 9.40. The zero-order valence-corrected chi connectivity index (χ0v) is 26.5. The van der Waals surface area contributed by atoms with Gasteiger partial charge in [0.05, 0.1) is 57.0 Å². The first kappa shape index (κ1) is 28.7. The van der Waals surface area contributed by atoms with Crippen LogP contribution in [0.25, 0.3) is 77.5 Å². The van der Waals surface area contributed by atoms with Gasteiger partial charge in [-0.2, -0.15) is 15.8 Å². The molecule has 0 atom stereocenters. The number of hydrogen-bond acceptors (Lipinski definition) is 4. The molecule has 3 heterocycles. The van der Waals surface area contributed by atoms with E-state index in [1.54, 1.807) is 0 Å². The van der Waals surface area contributed by atoms with Gasteiger partial charge in [0.25, 0.3) is 0 Å². The van der Waals surface area contributed by atoms with Crippen molar-refractivity contribution < 1.29 is 0 Å². The fourth-order valence-electron chi connectivity index (χ4n) is 7.09. The minimum Gasteiger partial charge on any atom is -0.294 e. The molecule has 0 aliphatic heterocycles. The molecule has 6 nitrogen and oxygen atoms in total. The lowest BCUT2D eigenvalue weighted by molar-refractivity contribution is 1.01. The second-order valence-corrected chi connectivity index (χ2v) is 12.2. The van der Waals surface area contributed by atoms with Crippen LogP contribution in [0.2, 0.25) is 0 Å². The van der Waals surface area contributed by atoms with Crippen LogP contribution in [0.3, 0.4) is 0 Å². The number of nitrogens with zero attached hydrogens (tertiary/aromatic N) is 6. The number of fused-ring (bicyclic) bond motifs is 6. The highest BCUT2D eigenvalue weighted by molar-refractivity contribution is 6.11. The van der Waals surface area contributed by atoms with Gasteiger partial charge >= 0.3 is 0 Å². The van der Waals surface area contributed by atoms with E-state index in [4.69, 9.17) is 4.98 Å². The summed E-state index contributed by atoms with van der Waals surface area (Å²) < 4.78 is 4.34. The topological polar surface area (TPSA) is 94.1 Å². The Morgan fingerprint density at radius 1 is 0.360 bits per heavy atom. The van der Waals surface area contributed by atoms with Gasteiger partial charge in [-0.15, -0.1) is 0 Å². The summed E-state index contributed by atoms with van der Waals surface area (Å²) in [4.78, 5) is 5.39. The highest BCUT2D eigenvalue weighted by Crippen LogP contribution is 2.37. The molecule has 0 N–H and O–H groups in total. The van der Waals surface area contributed by atoms with E-state index in [1.807, 2.05) is 60.7 Å². The molecule has 0 saturated heterocycles. The van der Waals surface area contributed by atoms with Crippen LogP contribution in [0.1, 0.15) is 16.7 Å². The monoisotopic (exact) mass is 636 g/mol. The largest absolute Gasteiger partial charge is 0.294 e. The summed E-state index contributed by atoms with van der Waals surface area (Å²) in [6.07, 6.45) is 0. The lowest BCUT2D eigenvalue weighted by Crippen LogP contribution is -2.04. The molecule has 0 fully saturated rings. The molecule has 0 unspecified atom stereocenters. The molecule has 0 spiro atoms. The summed E-state index contributed by atoms with van der Waals surface area (Å²) in [6, 6.07) is 55.1. The van der Waals surface area contributed by atoms with Gasteiger partial charge in [-0.1, -0.05) is 66.7 Å². The SMILES string of the molecule is N#Cc1ccc(-c2cccc(-c3cc(-n4c5ccccc5c5ccccc54)nc(-n4c5ccc(C#N)cc5c5cc(C#N)ccc54)c3)c2)cc1. The molecule has 0 aliphatic rings. The zero-order chi connectivity index (χ0) is 33.8. The molecule has 230 valence electrons. The maximum Gasteiger partial charge on any atom is 0.140 e. The molecule has 0 amide bonds. The molecule has 50 heavy (non-hydrogen) atoms. The van der Waals surface area contributed by atoms with Crippen molar-refractivity contribution in [2.24, 2.45) is 0 Å². The number of pyridine rings is 1. The smallest absolute Gasteiger partial charge is 0.140 e. The fraction of sp³-hybridized carbons (Fsp3) is 0. The summed E-state index contributed by atoms with van der Waals surface area (Å²) in [6.45, 7) is 0. The van der Waals surface area contributed by atoms with Crippen molar-refractivity contribution in [3.63, 3.8) is 0 Å². The normalized spacial score (nSPS) is 11.1. The molecule has 9 rings (SSSR count). The van der Waals surface area contributed by atoms with Gasteiger partial charge in [0, 0.05) is 21.5 Å². The van der Waals surface area contributed by atoms with Gasteiger partial charge in [-0.3, -0.25) is 9.13 Å². The molecule has 0 aliphatic carbocycles. The Hall–Kier alpha value is -7.46. The maximum absolute atomic E-state index is 9.76. The third-order valence-corrected chi connectivity index (χ3v) is 9.40. The minimum atomic E-state index is 0.547. The summed E-state index contributed by atoms with van der Waals surface area (Å²) in [5.41, 5.74) is 9.63. The Morgan fingerprint density at radius 3 is 1.34 bits per heavy atom. The molecule has 6 heteroatoms. The van der Waals surface area contributed by atoms with Crippen LogP contribution in [0.15, 0.2) is 146 Å². The van der Waals surface area contributed by atoms with Crippen molar-refractivity contribution >= 4 is 43.6 Å². The van der Waals surface area contributed by atoms with Crippen LogP contribution >= 0.6 is 0 Å². The van der Waals surface area contributed by atoms with Gasteiger partial charge in [0.1, 0.15) is 11.6 Å². The van der Waals surface area contributed by atoms with Crippen LogP contribution in [0.4, 0.5) is 0 Å². The van der Waals surface area contributed by atoms with Crippen LogP contribution in [0.5, 0.6) is 0 Å². The Bertz CT molecular complexity index is 2830.